The number of ether oxygens (including phenoxy) is 1. The zero-order chi connectivity index (χ0) is 11.4. The molecule has 3 heteroatoms. The van der Waals surface area contributed by atoms with Gasteiger partial charge in [0.2, 0.25) is 0 Å². The van der Waals surface area contributed by atoms with E-state index in [0.29, 0.717) is 17.8 Å². The number of phenolic OH excluding ortho intramolecular Hbond substituents is 1. The largest absolute Gasteiger partial charge is 0.508 e. The predicted molar refractivity (Wildman–Crippen MR) is 63.5 cm³/mol. The highest BCUT2D eigenvalue weighted by Gasteiger charge is 2.19. The lowest BCUT2D eigenvalue weighted by Gasteiger charge is -2.21. The first-order valence-electron chi connectivity index (χ1n) is 5.92. The van der Waals surface area contributed by atoms with Crippen LogP contribution >= 0.6 is 0 Å². The maximum Gasteiger partial charge on any atom is 0.115 e. The molecule has 0 amide bonds. The average Bonchev–Trinajstić information content (AvgIpc) is 2.80. The molecule has 16 heavy (non-hydrogen) atoms. The molecule has 0 radical (unpaired) electrons. The van der Waals surface area contributed by atoms with Crippen LogP contribution in [0, 0.1) is 0 Å². The third kappa shape index (κ3) is 2.74. The number of aromatic hydroxyl groups is 1. The lowest BCUT2D eigenvalue weighted by atomic mass is 10.0. The topological polar surface area (TPSA) is 41.5 Å². The molecule has 3 nitrogen and oxygen atoms in total. The number of phenols is 1. The van der Waals surface area contributed by atoms with Crippen molar-refractivity contribution in [3.8, 4) is 5.75 Å². The summed E-state index contributed by atoms with van der Waals surface area (Å²) in [4.78, 5) is 0. The molecule has 1 heterocycles. The van der Waals surface area contributed by atoms with Crippen LogP contribution in [0.3, 0.4) is 0 Å². The summed E-state index contributed by atoms with van der Waals surface area (Å²) in [5, 5.41) is 12.8. The standard InChI is InChI=1S/C13H19NO2/c1-2-13(14-11-7-8-16-9-11)10-3-5-12(15)6-4-10/h3-6,11,13-15H,2,7-9H2,1H3. The molecule has 0 saturated carbocycles. The van der Waals surface area contributed by atoms with Gasteiger partial charge < -0.3 is 15.2 Å². The number of hydrogen-bond donors (Lipinski definition) is 2. The Morgan fingerprint density at radius 1 is 1.44 bits per heavy atom. The second-order valence-electron chi connectivity index (χ2n) is 4.28. The van der Waals surface area contributed by atoms with Crippen molar-refractivity contribution in [2.45, 2.75) is 31.8 Å². The van der Waals surface area contributed by atoms with Crippen LogP contribution in [0.2, 0.25) is 0 Å². The molecule has 0 spiro atoms. The Bertz CT molecular complexity index is 317. The molecule has 1 aliphatic heterocycles. The van der Waals surface area contributed by atoms with Crippen molar-refractivity contribution in [2.75, 3.05) is 13.2 Å². The summed E-state index contributed by atoms with van der Waals surface area (Å²) in [6, 6.07) is 8.26. The van der Waals surface area contributed by atoms with Gasteiger partial charge in [-0.2, -0.15) is 0 Å². The van der Waals surface area contributed by atoms with Crippen molar-refractivity contribution < 1.29 is 9.84 Å². The Balaban J connectivity index is 2.00. The molecule has 1 aromatic carbocycles. The highest BCUT2D eigenvalue weighted by Crippen LogP contribution is 2.21. The molecule has 1 aromatic rings. The fourth-order valence-corrected chi connectivity index (χ4v) is 2.11. The molecular weight excluding hydrogens is 202 g/mol. The summed E-state index contributed by atoms with van der Waals surface area (Å²) in [6.45, 7) is 3.85. The first-order chi connectivity index (χ1) is 7.79. The summed E-state index contributed by atoms with van der Waals surface area (Å²) in [6.07, 6.45) is 2.13. The van der Waals surface area contributed by atoms with Crippen molar-refractivity contribution in [2.24, 2.45) is 0 Å². The zero-order valence-electron chi connectivity index (χ0n) is 9.65. The minimum Gasteiger partial charge on any atom is -0.508 e. The zero-order valence-corrected chi connectivity index (χ0v) is 9.65. The van der Waals surface area contributed by atoms with E-state index in [9.17, 15) is 5.11 Å². The Hall–Kier alpha value is -1.06. The first kappa shape index (κ1) is 11.4. The monoisotopic (exact) mass is 221 g/mol. The molecule has 2 atom stereocenters. The number of benzene rings is 1. The predicted octanol–water partition coefficient (Wildman–Crippen LogP) is 2.22. The van der Waals surface area contributed by atoms with Gasteiger partial charge in [0.1, 0.15) is 5.75 Å². The van der Waals surface area contributed by atoms with Crippen LogP contribution in [0.1, 0.15) is 31.4 Å². The van der Waals surface area contributed by atoms with Crippen LogP contribution < -0.4 is 5.32 Å². The van der Waals surface area contributed by atoms with E-state index in [1.807, 2.05) is 12.1 Å². The smallest absolute Gasteiger partial charge is 0.115 e. The van der Waals surface area contributed by atoms with Gasteiger partial charge in [-0.1, -0.05) is 19.1 Å². The van der Waals surface area contributed by atoms with Crippen molar-refractivity contribution >= 4 is 0 Å². The minimum atomic E-state index is 0.322. The van der Waals surface area contributed by atoms with Crippen molar-refractivity contribution in [1.82, 2.24) is 5.32 Å². The fourth-order valence-electron chi connectivity index (χ4n) is 2.11. The molecule has 2 unspecified atom stereocenters. The third-order valence-corrected chi connectivity index (χ3v) is 3.07. The summed E-state index contributed by atoms with van der Waals surface area (Å²) >= 11 is 0. The van der Waals surface area contributed by atoms with E-state index in [0.717, 1.165) is 26.1 Å². The fraction of sp³-hybridized carbons (Fsp3) is 0.538. The van der Waals surface area contributed by atoms with E-state index < -0.39 is 0 Å². The van der Waals surface area contributed by atoms with Gasteiger partial charge >= 0.3 is 0 Å². The number of rotatable bonds is 4. The average molecular weight is 221 g/mol. The number of nitrogens with one attached hydrogen (secondary N) is 1. The molecule has 0 bridgehead atoms. The van der Waals surface area contributed by atoms with Gasteiger partial charge in [0, 0.05) is 18.7 Å². The molecular formula is C13H19NO2. The van der Waals surface area contributed by atoms with Gasteiger partial charge in [0.25, 0.3) is 0 Å². The normalized spacial score (nSPS) is 22.2. The second kappa shape index (κ2) is 5.32. The lowest BCUT2D eigenvalue weighted by molar-refractivity contribution is 0.187. The van der Waals surface area contributed by atoms with E-state index in [2.05, 4.69) is 12.2 Å². The van der Waals surface area contributed by atoms with E-state index >= 15 is 0 Å². The number of hydrogen-bond acceptors (Lipinski definition) is 3. The SMILES string of the molecule is CCC(NC1CCOC1)c1ccc(O)cc1. The lowest BCUT2D eigenvalue weighted by Crippen LogP contribution is -2.32. The third-order valence-electron chi connectivity index (χ3n) is 3.07. The molecule has 2 rings (SSSR count). The van der Waals surface area contributed by atoms with Gasteiger partial charge in [-0.3, -0.25) is 0 Å². The van der Waals surface area contributed by atoms with Gasteiger partial charge in [-0.15, -0.1) is 0 Å². The highest BCUT2D eigenvalue weighted by atomic mass is 16.5. The molecule has 88 valence electrons. The summed E-state index contributed by atoms with van der Waals surface area (Å²) in [5.74, 6) is 0.322. The summed E-state index contributed by atoms with van der Waals surface area (Å²) in [5.41, 5.74) is 1.23. The molecule has 2 N–H and O–H groups in total. The Morgan fingerprint density at radius 3 is 2.75 bits per heavy atom. The Labute approximate surface area is 96.4 Å². The van der Waals surface area contributed by atoms with E-state index in [-0.39, 0.29) is 0 Å². The first-order valence-corrected chi connectivity index (χ1v) is 5.92. The van der Waals surface area contributed by atoms with Crippen LogP contribution in [0.5, 0.6) is 5.75 Å². The van der Waals surface area contributed by atoms with Crippen molar-refractivity contribution in [3.05, 3.63) is 29.8 Å². The maximum absolute atomic E-state index is 9.25. The van der Waals surface area contributed by atoms with Crippen LogP contribution in [0.4, 0.5) is 0 Å². The van der Waals surface area contributed by atoms with Crippen LogP contribution in [0.25, 0.3) is 0 Å². The molecule has 1 aliphatic rings. The summed E-state index contributed by atoms with van der Waals surface area (Å²) in [7, 11) is 0. The molecule has 1 fully saturated rings. The van der Waals surface area contributed by atoms with Gasteiger partial charge in [0.05, 0.1) is 6.61 Å². The Kier molecular flexibility index (Phi) is 3.80. The highest BCUT2D eigenvalue weighted by molar-refractivity contribution is 5.28. The minimum absolute atomic E-state index is 0.322. The van der Waals surface area contributed by atoms with Gasteiger partial charge in [0.15, 0.2) is 0 Å². The van der Waals surface area contributed by atoms with Crippen LogP contribution in [-0.4, -0.2) is 24.4 Å². The van der Waals surface area contributed by atoms with E-state index in [1.165, 1.54) is 5.56 Å². The van der Waals surface area contributed by atoms with Gasteiger partial charge in [-0.25, -0.2) is 0 Å². The van der Waals surface area contributed by atoms with Crippen LogP contribution in [-0.2, 0) is 4.74 Å². The van der Waals surface area contributed by atoms with E-state index in [4.69, 9.17) is 4.74 Å². The second-order valence-corrected chi connectivity index (χ2v) is 4.28. The van der Waals surface area contributed by atoms with Crippen LogP contribution in [0.15, 0.2) is 24.3 Å². The maximum atomic E-state index is 9.25. The Morgan fingerprint density at radius 2 is 2.19 bits per heavy atom. The quantitative estimate of drug-likeness (QED) is 0.819. The van der Waals surface area contributed by atoms with E-state index in [1.54, 1.807) is 12.1 Å². The van der Waals surface area contributed by atoms with Gasteiger partial charge in [-0.05, 0) is 30.5 Å². The van der Waals surface area contributed by atoms with Crippen molar-refractivity contribution in [3.63, 3.8) is 0 Å². The molecule has 0 aliphatic carbocycles. The molecule has 1 saturated heterocycles. The summed E-state index contributed by atoms with van der Waals surface area (Å²) < 4.78 is 5.35. The van der Waals surface area contributed by atoms with Crippen molar-refractivity contribution in [1.29, 1.82) is 0 Å². The molecule has 0 aromatic heterocycles.